The molecule has 1 fully saturated rings. The average Bonchev–Trinajstić information content (AvgIpc) is 3.22. The SMILES string of the molecule is FC(F)(F)c1ccc(-c2ccnc(NC3CC3)n2)cc1. The number of aromatic nitrogens is 2. The molecular weight excluding hydrogens is 267 g/mol. The van der Waals surface area contributed by atoms with Crippen LogP contribution in [0.5, 0.6) is 0 Å². The van der Waals surface area contributed by atoms with Gasteiger partial charge in [0.2, 0.25) is 5.95 Å². The topological polar surface area (TPSA) is 37.8 Å². The summed E-state index contributed by atoms with van der Waals surface area (Å²) in [7, 11) is 0. The Morgan fingerprint density at radius 2 is 1.75 bits per heavy atom. The zero-order valence-electron chi connectivity index (χ0n) is 10.5. The molecule has 1 aliphatic carbocycles. The molecule has 104 valence electrons. The molecule has 1 aromatic carbocycles. The smallest absolute Gasteiger partial charge is 0.351 e. The summed E-state index contributed by atoms with van der Waals surface area (Å²) >= 11 is 0. The molecule has 1 aromatic heterocycles. The summed E-state index contributed by atoms with van der Waals surface area (Å²) in [6, 6.07) is 7.08. The van der Waals surface area contributed by atoms with Gasteiger partial charge >= 0.3 is 6.18 Å². The normalized spacial score (nSPS) is 15.2. The van der Waals surface area contributed by atoms with Crippen LogP contribution in [0.1, 0.15) is 18.4 Å². The van der Waals surface area contributed by atoms with Crippen molar-refractivity contribution in [1.29, 1.82) is 0 Å². The first-order chi connectivity index (χ1) is 9.52. The Hall–Kier alpha value is -2.11. The fourth-order valence-corrected chi connectivity index (χ4v) is 1.83. The van der Waals surface area contributed by atoms with Crippen molar-refractivity contribution in [2.24, 2.45) is 0 Å². The third-order valence-electron chi connectivity index (χ3n) is 3.07. The summed E-state index contributed by atoms with van der Waals surface area (Å²) in [5.74, 6) is 0.518. The summed E-state index contributed by atoms with van der Waals surface area (Å²) in [5.41, 5.74) is 0.586. The predicted octanol–water partition coefficient (Wildman–Crippen LogP) is 3.74. The Balaban J connectivity index is 1.84. The fraction of sp³-hybridized carbons (Fsp3) is 0.286. The van der Waals surface area contributed by atoms with Crippen molar-refractivity contribution in [3.05, 3.63) is 42.1 Å². The van der Waals surface area contributed by atoms with Crippen molar-refractivity contribution in [2.75, 3.05) is 5.32 Å². The highest BCUT2D eigenvalue weighted by Crippen LogP contribution is 2.31. The molecule has 0 radical (unpaired) electrons. The maximum atomic E-state index is 12.5. The van der Waals surface area contributed by atoms with E-state index in [4.69, 9.17) is 0 Å². The number of rotatable bonds is 3. The zero-order chi connectivity index (χ0) is 14.2. The standard InChI is InChI=1S/C14H12F3N3/c15-14(16,17)10-3-1-9(2-4-10)12-7-8-18-13(20-12)19-11-5-6-11/h1-4,7-8,11H,5-6H2,(H,18,19,20). The van der Waals surface area contributed by atoms with Gasteiger partial charge in [-0.2, -0.15) is 13.2 Å². The number of alkyl halides is 3. The van der Waals surface area contributed by atoms with Crippen LogP contribution >= 0.6 is 0 Å². The molecule has 0 unspecified atom stereocenters. The molecule has 6 heteroatoms. The minimum absolute atomic E-state index is 0.429. The van der Waals surface area contributed by atoms with Crippen molar-refractivity contribution in [3.8, 4) is 11.3 Å². The second-order valence-electron chi connectivity index (χ2n) is 4.76. The van der Waals surface area contributed by atoms with Gasteiger partial charge in [0.1, 0.15) is 0 Å². The van der Waals surface area contributed by atoms with Crippen molar-refractivity contribution in [3.63, 3.8) is 0 Å². The summed E-state index contributed by atoms with van der Waals surface area (Å²) in [4.78, 5) is 8.41. The number of nitrogens with zero attached hydrogens (tertiary/aromatic N) is 2. The van der Waals surface area contributed by atoms with Gasteiger partial charge in [-0.05, 0) is 31.0 Å². The lowest BCUT2D eigenvalue weighted by atomic mass is 10.1. The van der Waals surface area contributed by atoms with E-state index in [1.54, 1.807) is 12.3 Å². The summed E-state index contributed by atoms with van der Waals surface area (Å²) in [6.45, 7) is 0. The third kappa shape index (κ3) is 2.89. The second-order valence-corrected chi connectivity index (χ2v) is 4.76. The maximum absolute atomic E-state index is 12.5. The van der Waals surface area contributed by atoms with Gasteiger partial charge in [0.25, 0.3) is 0 Å². The largest absolute Gasteiger partial charge is 0.416 e. The molecule has 0 amide bonds. The Morgan fingerprint density at radius 3 is 2.35 bits per heavy atom. The number of benzene rings is 1. The molecule has 1 N–H and O–H groups in total. The molecule has 20 heavy (non-hydrogen) atoms. The number of hydrogen-bond acceptors (Lipinski definition) is 3. The Labute approximate surface area is 113 Å². The van der Waals surface area contributed by atoms with Gasteiger partial charge in [-0.25, -0.2) is 9.97 Å². The molecule has 1 heterocycles. The predicted molar refractivity (Wildman–Crippen MR) is 69.1 cm³/mol. The highest BCUT2D eigenvalue weighted by Gasteiger charge is 2.30. The molecular formula is C14H12F3N3. The molecule has 3 rings (SSSR count). The fourth-order valence-electron chi connectivity index (χ4n) is 1.83. The highest BCUT2D eigenvalue weighted by molar-refractivity contribution is 5.60. The van der Waals surface area contributed by atoms with Crippen molar-refractivity contribution < 1.29 is 13.2 Å². The summed E-state index contributed by atoms with van der Waals surface area (Å²) < 4.78 is 37.5. The molecule has 1 saturated carbocycles. The minimum Gasteiger partial charge on any atom is -0.351 e. The Kier molecular flexibility index (Phi) is 3.08. The molecule has 0 atom stereocenters. The van der Waals surface area contributed by atoms with Crippen LogP contribution in [0.25, 0.3) is 11.3 Å². The molecule has 0 saturated heterocycles. The van der Waals surface area contributed by atoms with E-state index in [2.05, 4.69) is 15.3 Å². The van der Waals surface area contributed by atoms with Crippen LogP contribution in [0.2, 0.25) is 0 Å². The number of anilines is 1. The van der Waals surface area contributed by atoms with Crippen molar-refractivity contribution in [1.82, 2.24) is 9.97 Å². The first kappa shape index (κ1) is 12.9. The van der Waals surface area contributed by atoms with Crippen LogP contribution in [0.4, 0.5) is 19.1 Å². The maximum Gasteiger partial charge on any atom is 0.416 e. The monoisotopic (exact) mass is 279 g/mol. The van der Waals surface area contributed by atoms with Crippen molar-refractivity contribution in [2.45, 2.75) is 25.1 Å². The van der Waals surface area contributed by atoms with Gasteiger partial charge < -0.3 is 5.32 Å². The minimum atomic E-state index is -4.32. The van der Waals surface area contributed by atoms with E-state index in [-0.39, 0.29) is 0 Å². The van der Waals surface area contributed by atoms with E-state index >= 15 is 0 Å². The van der Waals surface area contributed by atoms with Gasteiger partial charge in [-0.3, -0.25) is 0 Å². The van der Waals surface area contributed by atoms with E-state index in [9.17, 15) is 13.2 Å². The van der Waals surface area contributed by atoms with Gasteiger partial charge in [0, 0.05) is 17.8 Å². The van der Waals surface area contributed by atoms with E-state index in [0.29, 0.717) is 23.2 Å². The van der Waals surface area contributed by atoms with Crippen LogP contribution in [-0.2, 0) is 6.18 Å². The average molecular weight is 279 g/mol. The molecule has 2 aromatic rings. The van der Waals surface area contributed by atoms with Gasteiger partial charge in [-0.1, -0.05) is 12.1 Å². The lowest BCUT2D eigenvalue weighted by Gasteiger charge is -2.08. The number of halogens is 3. The first-order valence-electron chi connectivity index (χ1n) is 6.29. The highest BCUT2D eigenvalue weighted by atomic mass is 19.4. The quantitative estimate of drug-likeness (QED) is 0.930. The summed E-state index contributed by atoms with van der Waals surface area (Å²) in [5, 5.41) is 3.16. The molecule has 1 aliphatic rings. The van der Waals surface area contributed by atoms with Crippen LogP contribution in [0, 0.1) is 0 Å². The van der Waals surface area contributed by atoms with Gasteiger partial charge in [0.05, 0.1) is 11.3 Å². The zero-order valence-corrected chi connectivity index (χ0v) is 10.5. The Bertz CT molecular complexity index is 604. The van der Waals surface area contributed by atoms with Gasteiger partial charge in [0.15, 0.2) is 0 Å². The lowest BCUT2D eigenvalue weighted by molar-refractivity contribution is -0.137. The van der Waals surface area contributed by atoms with E-state index in [1.165, 1.54) is 12.1 Å². The van der Waals surface area contributed by atoms with Crippen LogP contribution in [0.3, 0.4) is 0 Å². The second kappa shape index (κ2) is 4.77. The lowest BCUT2D eigenvalue weighted by Crippen LogP contribution is -2.06. The van der Waals surface area contributed by atoms with Crippen molar-refractivity contribution >= 4 is 5.95 Å². The van der Waals surface area contributed by atoms with Crippen LogP contribution in [0.15, 0.2) is 36.5 Å². The molecule has 0 bridgehead atoms. The van der Waals surface area contributed by atoms with Crippen LogP contribution in [-0.4, -0.2) is 16.0 Å². The number of hydrogen-bond donors (Lipinski definition) is 1. The number of nitrogens with one attached hydrogen (secondary N) is 1. The van der Waals surface area contributed by atoms with E-state index in [0.717, 1.165) is 25.0 Å². The molecule has 0 aliphatic heterocycles. The Morgan fingerprint density at radius 1 is 1.05 bits per heavy atom. The summed E-state index contributed by atoms with van der Waals surface area (Å²) in [6.07, 6.45) is -0.505. The van der Waals surface area contributed by atoms with Crippen LogP contribution < -0.4 is 5.32 Å². The van der Waals surface area contributed by atoms with E-state index in [1.807, 2.05) is 0 Å². The molecule has 0 spiro atoms. The third-order valence-corrected chi connectivity index (χ3v) is 3.07. The van der Waals surface area contributed by atoms with Gasteiger partial charge in [-0.15, -0.1) is 0 Å². The van der Waals surface area contributed by atoms with E-state index < -0.39 is 11.7 Å². The molecule has 3 nitrogen and oxygen atoms in total. The first-order valence-corrected chi connectivity index (χ1v) is 6.29.